The molecule has 1 aliphatic heterocycles. The number of benzene rings is 1. The zero-order chi connectivity index (χ0) is 16.4. The van der Waals surface area contributed by atoms with E-state index in [9.17, 15) is 9.90 Å². The van der Waals surface area contributed by atoms with E-state index in [0.29, 0.717) is 17.3 Å². The molecule has 2 unspecified atom stereocenters. The lowest BCUT2D eigenvalue weighted by Crippen LogP contribution is -2.30. The summed E-state index contributed by atoms with van der Waals surface area (Å²) in [5.41, 5.74) is 1.37. The predicted molar refractivity (Wildman–Crippen MR) is 86.7 cm³/mol. The number of carboxylic acids is 1. The van der Waals surface area contributed by atoms with E-state index < -0.39 is 17.9 Å². The maximum absolute atomic E-state index is 11.8. The fourth-order valence-electron chi connectivity index (χ4n) is 2.82. The second kappa shape index (κ2) is 6.08. The molecular formula is C17H17N3O3. The topological polar surface area (TPSA) is 75.0 Å². The van der Waals surface area contributed by atoms with Gasteiger partial charge < -0.3 is 9.84 Å². The summed E-state index contributed by atoms with van der Waals surface area (Å²) in [6, 6.07) is 12.4. The summed E-state index contributed by atoms with van der Waals surface area (Å²) in [5, 5.41) is 15.8. The molecule has 23 heavy (non-hydrogen) atoms. The van der Waals surface area contributed by atoms with Crippen LogP contribution in [0.2, 0.25) is 0 Å². The summed E-state index contributed by atoms with van der Waals surface area (Å²) in [5.74, 6) is -0.345. The highest BCUT2D eigenvalue weighted by molar-refractivity contribution is 6.03. The van der Waals surface area contributed by atoms with Crippen LogP contribution >= 0.6 is 0 Å². The third kappa shape index (κ3) is 2.75. The van der Waals surface area contributed by atoms with Crippen LogP contribution < -0.4 is 9.75 Å². The first-order chi connectivity index (χ1) is 11.1. The van der Waals surface area contributed by atoms with Gasteiger partial charge >= 0.3 is 5.97 Å². The molecule has 2 heterocycles. The minimum absolute atomic E-state index is 0.461. The van der Waals surface area contributed by atoms with Gasteiger partial charge in [0.1, 0.15) is 17.5 Å². The summed E-state index contributed by atoms with van der Waals surface area (Å²) in [6.45, 7) is 1.73. The van der Waals surface area contributed by atoms with Crippen LogP contribution in [0.25, 0.3) is 0 Å². The number of hydrogen-bond acceptors (Lipinski definition) is 5. The summed E-state index contributed by atoms with van der Waals surface area (Å²) in [7, 11) is 1.58. The van der Waals surface area contributed by atoms with Crippen molar-refractivity contribution in [3.8, 4) is 5.75 Å². The molecule has 0 saturated heterocycles. The molecule has 0 spiro atoms. The number of methoxy groups -OCH3 is 1. The van der Waals surface area contributed by atoms with Crippen molar-refractivity contribution in [3.05, 3.63) is 54.2 Å². The van der Waals surface area contributed by atoms with E-state index in [1.165, 1.54) is 0 Å². The van der Waals surface area contributed by atoms with Crippen LogP contribution in [-0.4, -0.2) is 28.9 Å². The number of rotatable bonds is 4. The average molecular weight is 311 g/mol. The Morgan fingerprint density at radius 3 is 2.74 bits per heavy atom. The lowest BCUT2D eigenvalue weighted by atomic mass is 9.90. The fraction of sp³-hybridized carbons (Fsp3) is 0.235. The zero-order valence-electron chi connectivity index (χ0n) is 12.9. The van der Waals surface area contributed by atoms with Gasteiger partial charge in [-0.1, -0.05) is 18.2 Å². The number of hydrazone groups is 1. The minimum Gasteiger partial charge on any atom is -0.497 e. The molecular weight excluding hydrogens is 294 g/mol. The van der Waals surface area contributed by atoms with Gasteiger partial charge in [0.15, 0.2) is 0 Å². The third-order valence-corrected chi connectivity index (χ3v) is 3.88. The summed E-state index contributed by atoms with van der Waals surface area (Å²) in [6.07, 6.45) is 1.66. The van der Waals surface area contributed by atoms with Crippen molar-refractivity contribution in [2.24, 2.45) is 11.0 Å². The molecule has 6 nitrogen and oxygen atoms in total. The smallest absolute Gasteiger partial charge is 0.314 e. The van der Waals surface area contributed by atoms with Crippen LogP contribution in [0.3, 0.4) is 0 Å². The molecule has 1 aliphatic rings. The molecule has 0 radical (unpaired) electrons. The number of hydrogen-bond donors (Lipinski definition) is 1. The molecule has 2 aromatic rings. The second-order valence-electron chi connectivity index (χ2n) is 5.31. The Hall–Kier alpha value is -2.89. The largest absolute Gasteiger partial charge is 0.497 e. The van der Waals surface area contributed by atoms with E-state index in [1.807, 2.05) is 42.5 Å². The average Bonchev–Trinajstić information content (AvgIpc) is 2.93. The molecule has 0 bridgehead atoms. The molecule has 1 aromatic heterocycles. The van der Waals surface area contributed by atoms with Gasteiger partial charge in [0.25, 0.3) is 0 Å². The Morgan fingerprint density at radius 1 is 1.26 bits per heavy atom. The maximum atomic E-state index is 11.8. The highest BCUT2D eigenvalue weighted by atomic mass is 16.5. The van der Waals surface area contributed by atoms with Crippen molar-refractivity contribution in [3.63, 3.8) is 0 Å². The quantitative estimate of drug-likeness (QED) is 0.939. The van der Waals surface area contributed by atoms with Crippen molar-refractivity contribution < 1.29 is 14.6 Å². The SMILES string of the molecule is COc1cccc(C2C(C(=O)O)C(C)=NN2c2ccccn2)c1. The highest BCUT2D eigenvalue weighted by Gasteiger charge is 2.42. The Labute approximate surface area is 134 Å². The minimum atomic E-state index is -0.905. The van der Waals surface area contributed by atoms with Crippen molar-refractivity contribution in [2.45, 2.75) is 13.0 Å². The van der Waals surface area contributed by atoms with Crippen molar-refractivity contribution >= 4 is 17.5 Å². The Bertz CT molecular complexity index is 746. The van der Waals surface area contributed by atoms with Crippen LogP contribution in [0.1, 0.15) is 18.5 Å². The van der Waals surface area contributed by atoms with Crippen molar-refractivity contribution in [2.75, 3.05) is 12.1 Å². The van der Waals surface area contributed by atoms with Gasteiger partial charge in [-0.2, -0.15) is 5.10 Å². The molecule has 0 amide bonds. The van der Waals surface area contributed by atoms with Gasteiger partial charge in [0, 0.05) is 6.20 Å². The summed E-state index contributed by atoms with van der Waals surface area (Å²) in [4.78, 5) is 16.1. The number of anilines is 1. The number of aromatic nitrogens is 1. The first-order valence-electron chi connectivity index (χ1n) is 7.24. The Morgan fingerprint density at radius 2 is 2.09 bits per heavy atom. The van der Waals surface area contributed by atoms with E-state index in [0.717, 1.165) is 5.56 Å². The van der Waals surface area contributed by atoms with Gasteiger partial charge in [0.2, 0.25) is 0 Å². The molecule has 1 N–H and O–H groups in total. The standard InChI is InChI=1S/C17H17N3O3/c1-11-15(17(21)22)16(12-6-5-7-13(10-12)23-2)20(19-11)14-8-3-4-9-18-14/h3-10,15-16H,1-2H3,(H,21,22). The van der Waals surface area contributed by atoms with Crippen LogP contribution in [0.15, 0.2) is 53.8 Å². The van der Waals surface area contributed by atoms with E-state index >= 15 is 0 Å². The number of nitrogens with zero attached hydrogens (tertiary/aromatic N) is 3. The van der Waals surface area contributed by atoms with Crippen LogP contribution in [0.4, 0.5) is 5.82 Å². The molecule has 3 rings (SSSR count). The molecule has 1 aromatic carbocycles. The first kappa shape index (κ1) is 15.0. The number of carboxylic acid groups (broad SMARTS) is 1. The predicted octanol–water partition coefficient (Wildman–Crippen LogP) is 2.73. The number of pyridine rings is 1. The summed E-state index contributed by atoms with van der Waals surface area (Å²) >= 11 is 0. The number of aliphatic carboxylic acids is 1. The monoisotopic (exact) mass is 311 g/mol. The van der Waals surface area contributed by atoms with Gasteiger partial charge in [-0.3, -0.25) is 4.79 Å². The summed E-state index contributed by atoms with van der Waals surface area (Å²) < 4.78 is 5.26. The van der Waals surface area contributed by atoms with Gasteiger partial charge in [0.05, 0.1) is 18.9 Å². The molecule has 118 valence electrons. The third-order valence-electron chi connectivity index (χ3n) is 3.88. The molecule has 0 aliphatic carbocycles. The number of ether oxygens (including phenoxy) is 1. The molecule has 6 heteroatoms. The molecule has 0 saturated carbocycles. The normalized spacial score (nSPS) is 20.3. The van der Waals surface area contributed by atoms with Gasteiger partial charge in [-0.15, -0.1) is 0 Å². The van der Waals surface area contributed by atoms with Gasteiger partial charge in [-0.05, 0) is 36.8 Å². The lowest BCUT2D eigenvalue weighted by Gasteiger charge is -2.26. The van der Waals surface area contributed by atoms with Crippen molar-refractivity contribution in [1.82, 2.24) is 4.98 Å². The maximum Gasteiger partial charge on any atom is 0.314 e. The highest BCUT2D eigenvalue weighted by Crippen LogP contribution is 2.39. The van der Waals surface area contributed by atoms with E-state index in [4.69, 9.17) is 4.74 Å². The van der Waals surface area contributed by atoms with E-state index in [1.54, 1.807) is 25.2 Å². The van der Waals surface area contributed by atoms with Crippen molar-refractivity contribution in [1.29, 1.82) is 0 Å². The van der Waals surface area contributed by atoms with Crippen LogP contribution in [0, 0.1) is 5.92 Å². The van der Waals surface area contributed by atoms with Crippen LogP contribution in [0.5, 0.6) is 5.75 Å². The lowest BCUT2D eigenvalue weighted by molar-refractivity contribution is -0.139. The Kier molecular flexibility index (Phi) is 3.97. The number of carbonyl (C=O) groups is 1. The fourth-order valence-corrected chi connectivity index (χ4v) is 2.82. The second-order valence-corrected chi connectivity index (χ2v) is 5.31. The zero-order valence-corrected chi connectivity index (χ0v) is 12.9. The van der Waals surface area contributed by atoms with E-state index in [-0.39, 0.29) is 0 Å². The Balaban J connectivity index is 2.09. The van der Waals surface area contributed by atoms with Crippen LogP contribution in [-0.2, 0) is 4.79 Å². The van der Waals surface area contributed by atoms with Gasteiger partial charge in [-0.25, -0.2) is 9.99 Å². The molecule has 2 atom stereocenters. The van der Waals surface area contributed by atoms with E-state index in [2.05, 4.69) is 10.1 Å². The molecule has 0 fully saturated rings. The first-order valence-corrected chi connectivity index (χ1v) is 7.24.